The van der Waals surface area contributed by atoms with Gasteiger partial charge in [0, 0.05) is 25.6 Å². The van der Waals surface area contributed by atoms with Crippen molar-refractivity contribution >= 4 is 5.91 Å². The van der Waals surface area contributed by atoms with Gasteiger partial charge < -0.3 is 10.0 Å². The number of aliphatic hydroxyl groups is 1. The van der Waals surface area contributed by atoms with E-state index in [2.05, 4.69) is 11.8 Å². The van der Waals surface area contributed by atoms with Gasteiger partial charge in [0.05, 0.1) is 0 Å². The van der Waals surface area contributed by atoms with E-state index in [1.165, 1.54) is 0 Å². The normalized spacial score (nSPS) is 9.35. The Morgan fingerprint density at radius 2 is 2.12 bits per heavy atom. The van der Waals surface area contributed by atoms with Gasteiger partial charge in [-0.1, -0.05) is 37.0 Å². The lowest BCUT2D eigenvalue weighted by Crippen LogP contribution is -2.25. The van der Waals surface area contributed by atoms with Crippen molar-refractivity contribution in [2.24, 2.45) is 0 Å². The molecule has 1 aromatic rings. The molecule has 0 heterocycles. The molecule has 0 atom stereocenters. The third-order valence-electron chi connectivity index (χ3n) is 2.46. The lowest BCUT2D eigenvalue weighted by atomic mass is 10.1. The van der Waals surface area contributed by atoms with Gasteiger partial charge in [0.25, 0.3) is 0 Å². The summed E-state index contributed by atoms with van der Waals surface area (Å²) in [4.78, 5) is 13.2. The lowest BCUT2D eigenvalue weighted by molar-refractivity contribution is -0.130. The number of nitrogens with zero attached hydrogens (tertiary/aromatic N) is 1. The third-order valence-corrected chi connectivity index (χ3v) is 2.46. The third kappa shape index (κ3) is 3.93. The largest absolute Gasteiger partial charge is 0.384 e. The van der Waals surface area contributed by atoms with E-state index >= 15 is 0 Å². The number of rotatable bonds is 3. The van der Waals surface area contributed by atoms with Crippen LogP contribution >= 0.6 is 0 Å². The highest BCUT2D eigenvalue weighted by Gasteiger charge is 2.08. The van der Waals surface area contributed by atoms with Crippen molar-refractivity contribution < 1.29 is 9.90 Å². The quantitative estimate of drug-likeness (QED) is 0.799. The maximum absolute atomic E-state index is 11.5. The van der Waals surface area contributed by atoms with Gasteiger partial charge in [0.2, 0.25) is 5.91 Å². The van der Waals surface area contributed by atoms with Gasteiger partial charge >= 0.3 is 0 Å². The zero-order chi connectivity index (χ0) is 12.7. The first kappa shape index (κ1) is 13.3. The standard InChI is InChI=1S/C14H17NO2/c1-3-14(17)15(2)11-13-8-5-4-7-12(13)9-6-10-16/h4-5,7-8,16H,3,10-11H2,1-2H3. The van der Waals surface area contributed by atoms with Crippen molar-refractivity contribution in [2.45, 2.75) is 19.9 Å². The van der Waals surface area contributed by atoms with Crippen LogP contribution in [0.15, 0.2) is 24.3 Å². The van der Waals surface area contributed by atoms with E-state index in [9.17, 15) is 4.79 Å². The first-order valence-corrected chi connectivity index (χ1v) is 5.60. The Morgan fingerprint density at radius 3 is 2.76 bits per heavy atom. The summed E-state index contributed by atoms with van der Waals surface area (Å²) in [6.45, 7) is 2.23. The van der Waals surface area contributed by atoms with Gasteiger partial charge in [-0.3, -0.25) is 4.79 Å². The molecule has 0 fully saturated rings. The maximum Gasteiger partial charge on any atom is 0.222 e. The predicted octanol–water partition coefficient (Wildman–Crippen LogP) is 1.40. The minimum atomic E-state index is -0.155. The SMILES string of the molecule is CCC(=O)N(C)Cc1ccccc1C#CCO. The summed E-state index contributed by atoms with van der Waals surface area (Å²) in [5.74, 6) is 5.62. The molecule has 3 nitrogen and oxygen atoms in total. The summed E-state index contributed by atoms with van der Waals surface area (Å²) < 4.78 is 0. The molecular weight excluding hydrogens is 214 g/mol. The average molecular weight is 231 g/mol. The van der Waals surface area contributed by atoms with Gasteiger partial charge in [-0.05, 0) is 11.6 Å². The van der Waals surface area contributed by atoms with Crippen LogP contribution < -0.4 is 0 Å². The second kappa shape index (κ2) is 6.72. The van der Waals surface area contributed by atoms with Crippen molar-refractivity contribution in [1.82, 2.24) is 4.90 Å². The monoisotopic (exact) mass is 231 g/mol. The molecule has 0 unspecified atom stereocenters. The predicted molar refractivity (Wildman–Crippen MR) is 67.2 cm³/mol. The van der Waals surface area contributed by atoms with Crippen molar-refractivity contribution in [1.29, 1.82) is 0 Å². The first-order valence-electron chi connectivity index (χ1n) is 5.60. The van der Waals surface area contributed by atoms with Gasteiger partial charge in [-0.2, -0.15) is 0 Å². The molecule has 3 heteroatoms. The van der Waals surface area contributed by atoms with Crippen LogP contribution in [0.1, 0.15) is 24.5 Å². The van der Waals surface area contributed by atoms with E-state index in [-0.39, 0.29) is 12.5 Å². The number of carbonyl (C=O) groups is 1. The highest BCUT2D eigenvalue weighted by atomic mass is 16.2. The lowest BCUT2D eigenvalue weighted by Gasteiger charge is -2.17. The smallest absolute Gasteiger partial charge is 0.222 e. The number of hydrogen-bond donors (Lipinski definition) is 1. The first-order chi connectivity index (χ1) is 8.19. The fourth-order valence-corrected chi connectivity index (χ4v) is 1.53. The summed E-state index contributed by atoms with van der Waals surface area (Å²) in [5, 5.41) is 8.69. The average Bonchev–Trinajstić information content (AvgIpc) is 2.36. The number of amides is 1. The molecule has 0 spiro atoms. The fraction of sp³-hybridized carbons (Fsp3) is 0.357. The molecule has 17 heavy (non-hydrogen) atoms. The molecule has 0 radical (unpaired) electrons. The Balaban J connectivity index is 2.87. The van der Waals surface area contributed by atoms with Gasteiger partial charge in [0.1, 0.15) is 6.61 Å². The molecule has 0 aliphatic rings. The van der Waals surface area contributed by atoms with E-state index in [0.29, 0.717) is 13.0 Å². The minimum Gasteiger partial charge on any atom is -0.384 e. The Kier molecular flexibility index (Phi) is 5.25. The van der Waals surface area contributed by atoms with E-state index in [1.807, 2.05) is 31.2 Å². The molecule has 0 saturated heterocycles. The van der Waals surface area contributed by atoms with Gasteiger partial charge in [-0.15, -0.1) is 0 Å². The molecule has 0 bridgehead atoms. The van der Waals surface area contributed by atoms with Crippen LogP contribution in [0.3, 0.4) is 0 Å². The molecule has 0 aliphatic heterocycles. The van der Waals surface area contributed by atoms with E-state index < -0.39 is 0 Å². The van der Waals surface area contributed by atoms with Crippen LogP contribution in [-0.2, 0) is 11.3 Å². The minimum absolute atomic E-state index is 0.106. The maximum atomic E-state index is 11.5. The fourth-order valence-electron chi connectivity index (χ4n) is 1.53. The summed E-state index contributed by atoms with van der Waals surface area (Å²) in [6, 6.07) is 7.65. The highest BCUT2D eigenvalue weighted by Crippen LogP contribution is 2.10. The zero-order valence-corrected chi connectivity index (χ0v) is 10.2. The van der Waals surface area contributed by atoms with Crippen molar-refractivity contribution in [3.63, 3.8) is 0 Å². The molecule has 0 aliphatic carbocycles. The van der Waals surface area contributed by atoms with Gasteiger partial charge in [-0.25, -0.2) is 0 Å². The molecule has 1 rings (SSSR count). The number of benzene rings is 1. The van der Waals surface area contributed by atoms with E-state index in [4.69, 9.17) is 5.11 Å². The second-order valence-corrected chi connectivity index (χ2v) is 3.72. The van der Waals surface area contributed by atoms with Gasteiger partial charge in [0.15, 0.2) is 0 Å². The molecule has 0 saturated carbocycles. The van der Waals surface area contributed by atoms with Crippen molar-refractivity contribution in [3.8, 4) is 11.8 Å². The number of hydrogen-bond acceptors (Lipinski definition) is 2. The van der Waals surface area contributed by atoms with Crippen LogP contribution in [0, 0.1) is 11.8 Å². The number of carbonyl (C=O) groups excluding carboxylic acids is 1. The molecular formula is C14H17NO2. The Morgan fingerprint density at radius 1 is 1.41 bits per heavy atom. The topological polar surface area (TPSA) is 40.5 Å². The second-order valence-electron chi connectivity index (χ2n) is 3.72. The Hall–Kier alpha value is -1.79. The van der Waals surface area contributed by atoms with Crippen LogP contribution in [-0.4, -0.2) is 29.6 Å². The van der Waals surface area contributed by atoms with Crippen LogP contribution in [0.4, 0.5) is 0 Å². The number of aliphatic hydroxyl groups excluding tert-OH is 1. The van der Waals surface area contributed by atoms with Crippen LogP contribution in [0.25, 0.3) is 0 Å². The highest BCUT2D eigenvalue weighted by molar-refractivity contribution is 5.75. The molecule has 0 aromatic heterocycles. The van der Waals surface area contributed by atoms with Crippen molar-refractivity contribution in [3.05, 3.63) is 35.4 Å². The van der Waals surface area contributed by atoms with E-state index in [0.717, 1.165) is 11.1 Å². The van der Waals surface area contributed by atoms with Crippen molar-refractivity contribution in [2.75, 3.05) is 13.7 Å². The van der Waals surface area contributed by atoms with E-state index in [1.54, 1.807) is 11.9 Å². The summed E-state index contributed by atoms with van der Waals surface area (Å²) in [7, 11) is 1.78. The molecule has 1 amide bonds. The molecule has 1 N–H and O–H groups in total. The Bertz CT molecular complexity index is 443. The summed E-state index contributed by atoms with van der Waals surface area (Å²) in [5.41, 5.74) is 1.86. The zero-order valence-electron chi connectivity index (χ0n) is 10.2. The Labute approximate surface area is 102 Å². The molecule has 90 valence electrons. The molecule has 1 aromatic carbocycles. The summed E-state index contributed by atoms with van der Waals surface area (Å²) in [6.07, 6.45) is 0.501. The summed E-state index contributed by atoms with van der Waals surface area (Å²) >= 11 is 0. The van der Waals surface area contributed by atoms with Crippen LogP contribution in [0.5, 0.6) is 0 Å². The van der Waals surface area contributed by atoms with Crippen LogP contribution in [0.2, 0.25) is 0 Å².